The van der Waals surface area contributed by atoms with Gasteiger partial charge in [-0.3, -0.25) is 9.69 Å². The number of ether oxygens (including phenoxy) is 1. The third kappa shape index (κ3) is 4.52. The van der Waals surface area contributed by atoms with Crippen molar-refractivity contribution in [3.63, 3.8) is 0 Å². The highest BCUT2D eigenvalue weighted by Crippen LogP contribution is 2.30. The van der Waals surface area contributed by atoms with Gasteiger partial charge in [0.1, 0.15) is 5.75 Å². The molecule has 1 aromatic carbocycles. The molecule has 1 N–H and O–H groups in total. The van der Waals surface area contributed by atoms with Crippen molar-refractivity contribution in [2.45, 2.75) is 19.0 Å². The Morgan fingerprint density at radius 3 is 2.47 bits per heavy atom. The highest BCUT2D eigenvalue weighted by Gasteiger charge is 2.31. The van der Waals surface area contributed by atoms with E-state index in [0.29, 0.717) is 5.76 Å². The quantitative estimate of drug-likeness (QED) is 0.619. The normalized spacial score (nSPS) is 16.8. The molecule has 0 aliphatic carbocycles. The lowest BCUT2D eigenvalue weighted by Crippen LogP contribution is -2.52. The van der Waals surface area contributed by atoms with Crippen LogP contribution in [-0.2, 0) is 0 Å². The molecule has 0 unspecified atom stereocenters. The van der Waals surface area contributed by atoms with E-state index in [1.807, 2.05) is 12.1 Å². The number of piperazine rings is 1. The van der Waals surface area contributed by atoms with Gasteiger partial charge in [0.05, 0.1) is 19.4 Å². The number of methoxy groups -OCH3 is 1. The van der Waals surface area contributed by atoms with Crippen LogP contribution < -0.4 is 15.0 Å². The average molecular weight is 426 g/mol. The molecule has 1 fully saturated rings. The van der Waals surface area contributed by atoms with E-state index in [-0.39, 0.29) is 18.0 Å². The van der Waals surface area contributed by atoms with Crippen molar-refractivity contribution in [1.29, 1.82) is 0 Å². The molecule has 30 heavy (non-hydrogen) atoms. The first-order valence-corrected chi connectivity index (χ1v) is 11.0. The molecule has 7 heteroatoms. The number of furan rings is 1. The Morgan fingerprint density at radius 2 is 1.87 bits per heavy atom. The topological polar surface area (TPSA) is 58.0 Å². The molecule has 2 aromatic heterocycles. The summed E-state index contributed by atoms with van der Waals surface area (Å²) in [5.74, 6) is 1.04. The maximum absolute atomic E-state index is 12.5. The Bertz CT molecular complexity index is 917. The van der Waals surface area contributed by atoms with Crippen molar-refractivity contribution >= 4 is 22.9 Å². The highest BCUT2D eigenvalue weighted by atomic mass is 32.1. The second-order valence-electron chi connectivity index (χ2n) is 7.42. The summed E-state index contributed by atoms with van der Waals surface area (Å²) in [6.07, 6.45) is 1.52. The van der Waals surface area contributed by atoms with Crippen molar-refractivity contribution in [3.8, 4) is 5.75 Å². The van der Waals surface area contributed by atoms with Crippen LogP contribution in [0.2, 0.25) is 0 Å². The second-order valence-corrected chi connectivity index (χ2v) is 8.40. The molecule has 1 amide bonds. The lowest BCUT2D eigenvalue weighted by atomic mass is 10.0. The Hall–Kier alpha value is -2.77. The number of nitrogens with one attached hydrogen (secondary N) is 1. The molecule has 6 nitrogen and oxygen atoms in total. The van der Waals surface area contributed by atoms with Crippen LogP contribution in [0.15, 0.2) is 64.6 Å². The Balaban J connectivity index is 1.44. The molecule has 1 saturated heterocycles. The molecule has 1 aliphatic rings. The fraction of sp³-hybridized carbons (Fsp3) is 0.348. The van der Waals surface area contributed by atoms with Crippen LogP contribution in [0, 0.1) is 0 Å². The van der Waals surface area contributed by atoms with E-state index in [0.717, 1.165) is 31.9 Å². The van der Waals surface area contributed by atoms with E-state index in [9.17, 15) is 4.79 Å². The van der Waals surface area contributed by atoms with E-state index >= 15 is 0 Å². The van der Waals surface area contributed by atoms with E-state index in [2.05, 4.69) is 51.7 Å². The van der Waals surface area contributed by atoms with Gasteiger partial charge < -0.3 is 19.4 Å². The molecule has 0 bridgehead atoms. The number of benzene rings is 1. The van der Waals surface area contributed by atoms with Gasteiger partial charge in [0.15, 0.2) is 5.76 Å². The fourth-order valence-electron chi connectivity index (χ4n) is 4.02. The molecule has 2 atom stereocenters. The van der Waals surface area contributed by atoms with Crippen molar-refractivity contribution in [1.82, 2.24) is 10.2 Å². The van der Waals surface area contributed by atoms with Gasteiger partial charge in [-0.1, -0.05) is 6.07 Å². The van der Waals surface area contributed by atoms with Crippen molar-refractivity contribution in [3.05, 3.63) is 70.8 Å². The molecule has 0 saturated carbocycles. The Kier molecular flexibility index (Phi) is 6.40. The predicted molar refractivity (Wildman–Crippen MR) is 119 cm³/mol. The van der Waals surface area contributed by atoms with Crippen LogP contribution in [0.25, 0.3) is 0 Å². The number of carbonyl (C=O) groups excluding carboxylic acids is 1. The number of carbonyl (C=O) groups is 1. The fourth-order valence-corrected chi connectivity index (χ4v) is 4.98. The van der Waals surface area contributed by atoms with Crippen LogP contribution in [0.5, 0.6) is 5.75 Å². The first-order valence-electron chi connectivity index (χ1n) is 10.2. The minimum absolute atomic E-state index is 0.0474. The van der Waals surface area contributed by atoms with Gasteiger partial charge in [0, 0.05) is 42.8 Å². The lowest BCUT2D eigenvalue weighted by Gasteiger charge is -2.42. The Labute approximate surface area is 181 Å². The highest BCUT2D eigenvalue weighted by molar-refractivity contribution is 7.10. The zero-order valence-corrected chi connectivity index (χ0v) is 18.1. The number of anilines is 1. The Morgan fingerprint density at radius 1 is 1.10 bits per heavy atom. The maximum atomic E-state index is 12.5. The zero-order valence-electron chi connectivity index (χ0n) is 17.3. The van der Waals surface area contributed by atoms with Gasteiger partial charge in [0.2, 0.25) is 0 Å². The monoisotopic (exact) mass is 425 g/mol. The van der Waals surface area contributed by atoms with Crippen LogP contribution >= 0.6 is 11.3 Å². The van der Waals surface area contributed by atoms with Crippen LogP contribution in [-0.4, -0.2) is 50.1 Å². The average Bonchev–Trinajstić information content (AvgIpc) is 3.49. The van der Waals surface area contributed by atoms with Crippen LogP contribution in [0.3, 0.4) is 0 Å². The standard InChI is InChI=1S/C23H27N3O3S/c1-17(24-23(27)20-5-3-15-29-20)22(21-6-4-16-30-21)26-13-11-25(12-14-26)18-7-9-19(28-2)10-8-18/h3-10,15-17,22H,11-14H2,1-2H3,(H,24,27)/t17-,22-/m0/s1. The van der Waals surface area contributed by atoms with Gasteiger partial charge in [-0.05, 0) is 54.8 Å². The summed E-state index contributed by atoms with van der Waals surface area (Å²) in [5.41, 5.74) is 1.21. The maximum Gasteiger partial charge on any atom is 0.287 e. The summed E-state index contributed by atoms with van der Waals surface area (Å²) in [6.45, 7) is 5.80. The summed E-state index contributed by atoms with van der Waals surface area (Å²) >= 11 is 1.73. The van der Waals surface area contributed by atoms with E-state index < -0.39 is 0 Å². The minimum Gasteiger partial charge on any atom is -0.497 e. The van der Waals surface area contributed by atoms with Gasteiger partial charge >= 0.3 is 0 Å². The molecule has 1 aliphatic heterocycles. The number of hydrogen-bond acceptors (Lipinski definition) is 6. The molecular weight excluding hydrogens is 398 g/mol. The minimum atomic E-state index is -0.175. The van der Waals surface area contributed by atoms with E-state index in [1.54, 1.807) is 30.6 Å². The van der Waals surface area contributed by atoms with Gasteiger partial charge in [-0.2, -0.15) is 0 Å². The van der Waals surface area contributed by atoms with Gasteiger partial charge in [-0.15, -0.1) is 11.3 Å². The number of hydrogen-bond donors (Lipinski definition) is 1. The van der Waals surface area contributed by atoms with Crippen LogP contribution in [0.1, 0.15) is 28.4 Å². The van der Waals surface area contributed by atoms with E-state index in [1.165, 1.54) is 16.8 Å². The van der Waals surface area contributed by atoms with Crippen molar-refractivity contribution in [2.75, 3.05) is 38.2 Å². The lowest BCUT2D eigenvalue weighted by molar-refractivity contribution is 0.0863. The number of nitrogens with zero attached hydrogens (tertiary/aromatic N) is 2. The first-order chi connectivity index (χ1) is 14.7. The SMILES string of the molecule is COc1ccc(N2CCN([C@H](c3cccs3)[C@H](C)NC(=O)c3ccco3)CC2)cc1. The predicted octanol–water partition coefficient (Wildman–Crippen LogP) is 4.03. The molecule has 4 rings (SSSR count). The van der Waals surface area contributed by atoms with E-state index in [4.69, 9.17) is 9.15 Å². The summed E-state index contributed by atoms with van der Waals surface area (Å²) in [4.78, 5) is 18.7. The molecule has 158 valence electrons. The van der Waals surface area contributed by atoms with Crippen molar-refractivity contribution < 1.29 is 13.9 Å². The third-order valence-electron chi connectivity index (χ3n) is 5.56. The first kappa shape index (κ1) is 20.5. The molecule has 0 radical (unpaired) electrons. The molecule has 3 heterocycles. The van der Waals surface area contributed by atoms with Gasteiger partial charge in [-0.25, -0.2) is 0 Å². The number of amides is 1. The molecule has 3 aromatic rings. The third-order valence-corrected chi connectivity index (χ3v) is 6.50. The largest absolute Gasteiger partial charge is 0.497 e. The summed E-state index contributed by atoms with van der Waals surface area (Å²) in [5, 5.41) is 5.22. The smallest absolute Gasteiger partial charge is 0.287 e. The van der Waals surface area contributed by atoms with Crippen LogP contribution in [0.4, 0.5) is 5.69 Å². The van der Waals surface area contributed by atoms with Crippen molar-refractivity contribution in [2.24, 2.45) is 0 Å². The summed E-state index contributed by atoms with van der Waals surface area (Å²) in [6, 6.07) is 15.9. The summed E-state index contributed by atoms with van der Waals surface area (Å²) in [7, 11) is 1.68. The second kappa shape index (κ2) is 9.36. The summed E-state index contributed by atoms with van der Waals surface area (Å²) < 4.78 is 10.5. The molecular formula is C23H27N3O3S. The number of thiophene rings is 1. The zero-order chi connectivity index (χ0) is 20.9. The number of rotatable bonds is 7. The van der Waals surface area contributed by atoms with Gasteiger partial charge in [0.25, 0.3) is 5.91 Å². The molecule has 0 spiro atoms.